The Hall–Kier alpha value is -0.910. The van der Waals surface area contributed by atoms with Crippen LogP contribution in [0, 0.1) is 0 Å². The Morgan fingerprint density at radius 3 is 2.76 bits per heavy atom. The molecule has 4 nitrogen and oxygen atoms in total. The van der Waals surface area contributed by atoms with Crippen LogP contribution in [0.2, 0.25) is 0 Å². The highest BCUT2D eigenvalue weighted by atomic mass is 79.9. The van der Waals surface area contributed by atoms with Crippen LogP contribution >= 0.6 is 15.9 Å². The van der Waals surface area contributed by atoms with E-state index in [2.05, 4.69) is 15.9 Å². The molecule has 0 aliphatic rings. The maximum absolute atomic E-state index is 11.4. The zero-order valence-electron chi connectivity index (χ0n) is 9.77. The monoisotopic (exact) mass is 302 g/mol. The topological polar surface area (TPSA) is 55.8 Å². The number of aliphatic hydroxyl groups excluding tert-OH is 1. The number of carbonyl (C=O) groups excluding carboxylic acids is 1. The number of carbonyl (C=O) groups is 1. The predicted octanol–water partition coefficient (Wildman–Crippen LogP) is 2.19. The summed E-state index contributed by atoms with van der Waals surface area (Å²) in [4.78, 5) is 11.4. The van der Waals surface area contributed by atoms with Crippen molar-refractivity contribution in [1.29, 1.82) is 0 Å². The summed E-state index contributed by atoms with van der Waals surface area (Å²) < 4.78 is 10.5. The molecule has 1 atom stereocenters. The van der Waals surface area contributed by atoms with Gasteiger partial charge >= 0.3 is 5.97 Å². The van der Waals surface area contributed by atoms with Crippen LogP contribution in [0.3, 0.4) is 0 Å². The Morgan fingerprint density at radius 1 is 1.53 bits per heavy atom. The molecule has 0 bridgehead atoms. The number of benzene rings is 1. The van der Waals surface area contributed by atoms with Gasteiger partial charge in [0.2, 0.25) is 0 Å². The van der Waals surface area contributed by atoms with Gasteiger partial charge in [-0.1, -0.05) is 28.1 Å². The fraction of sp³-hybridized carbons (Fsp3) is 0.417. The van der Waals surface area contributed by atoms with Gasteiger partial charge in [0.15, 0.2) is 6.10 Å². The van der Waals surface area contributed by atoms with E-state index in [4.69, 9.17) is 9.47 Å². The van der Waals surface area contributed by atoms with Crippen LogP contribution in [-0.4, -0.2) is 24.8 Å². The standard InChI is InChI=1S/C12H15BrO4/c1-3-17-12(15)11(14)8-4-5-9(7-16-2)10(13)6-8/h4-6,11,14H,3,7H2,1-2H3. The van der Waals surface area contributed by atoms with Gasteiger partial charge in [0, 0.05) is 11.6 Å². The highest BCUT2D eigenvalue weighted by Crippen LogP contribution is 2.23. The summed E-state index contributed by atoms with van der Waals surface area (Å²) in [5, 5.41) is 9.74. The Labute approximate surface area is 109 Å². The summed E-state index contributed by atoms with van der Waals surface area (Å²) in [6.45, 7) is 2.41. The second-order valence-corrected chi connectivity index (χ2v) is 4.29. The van der Waals surface area contributed by atoms with Crippen molar-refractivity contribution in [3.05, 3.63) is 33.8 Å². The van der Waals surface area contributed by atoms with Crippen LogP contribution in [0.1, 0.15) is 24.2 Å². The Bertz CT molecular complexity index is 392. The summed E-state index contributed by atoms with van der Waals surface area (Å²) in [5.41, 5.74) is 1.45. The molecular formula is C12H15BrO4. The summed E-state index contributed by atoms with van der Waals surface area (Å²) >= 11 is 3.36. The minimum atomic E-state index is -1.25. The molecule has 1 unspecified atom stereocenters. The molecule has 0 radical (unpaired) electrons. The average Bonchev–Trinajstić information content (AvgIpc) is 2.31. The van der Waals surface area contributed by atoms with Crippen molar-refractivity contribution in [1.82, 2.24) is 0 Å². The van der Waals surface area contributed by atoms with Gasteiger partial charge in [-0.25, -0.2) is 4.79 Å². The molecule has 0 aromatic heterocycles. The lowest BCUT2D eigenvalue weighted by atomic mass is 10.1. The zero-order chi connectivity index (χ0) is 12.8. The first-order valence-electron chi connectivity index (χ1n) is 5.22. The number of hydrogen-bond acceptors (Lipinski definition) is 4. The number of halogens is 1. The number of rotatable bonds is 5. The van der Waals surface area contributed by atoms with Crippen molar-refractivity contribution >= 4 is 21.9 Å². The largest absolute Gasteiger partial charge is 0.464 e. The summed E-state index contributed by atoms with van der Waals surface area (Å²) in [5.74, 6) is -0.640. The van der Waals surface area contributed by atoms with Gasteiger partial charge in [-0.05, 0) is 24.1 Å². The third-order valence-corrected chi connectivity index (χ3v) is 2.94. The van der Waals surface area contributed by atoms with E-state index >= 15 is 0 Å². The van der Waals surface area contributed by atoms with Gasteiger partial charge in [0.1, 0.15) is 0 Å². The van der Waals surface area contributed by atoms with E-state index in [0.717, 1.165) is 10.0 Å². The van der Waals surface area contributed by atoms with E-state index in [0.29, 0.717) is 12.2 Å². The lowest BCUT2D eigenvalue weighted by Gasteiger charge is -2.11. The summed E-state index contributed by atoms with van der Waals surface area (Å²) in [6, 6.07) is 5.17. The van der Waals surface area contributed by atoms with Gasteiger partial charge in [0.25, 0.3) is 0 Å². The van der Waals surface area contributed by atoms with Crippen LogP contribution < -0.4 is 0 Å². The predicted molar refractivity (Wildman–Crippen MR) is 66.4 cm³/mol. The Balaban J connectivity index is 2.85. The lowest BCUT2D eigenvalue weighted by molar-refractivity contribution is -0.153. The Kier molecular flexibility index (Phi) is 5.61. The van der Waals surface area contributed by atoms with Crippen molar-refractivity contribution in [2.24, 2.45) is 0 Å². The van der Waals surface area contributed by atoms with Gasteiger partial charge in [-0.3, -0.25) is 0 Å². The molecule has 0 saturated carbocycles. The number of aliphatic hydroxyl groups is 1. The molecule has 1 N–H and O–H groups in total. The molecule has 0 amide bonds. The first-order valence-corrected chi connectivity index (χ1v) is 6.01. The van der Waals surface area contributed by atoms with E-state index in [1.165, 1.54) is 0 Å². The van der Waals surface area contributed by atoms with Crippen LogP contribution in [0.5, 0.6) is 0 Å². The third kappa shape index (κ3) is 3.80. The molecule has 0 saturated heterocycles. The third-order valence-electron chi connectivity index (χ3n) is 2.20. The molecule has 17 heavy (non-hydrogen) atoms. The SMILES string of the molecule is CCOC(=O)C(O)c1ccc(COC)c(Br)c1. The van der Waals surface area contributed by atoms with Gasteiger partial charge in [-0.15, -0.1) is 0 Å². The maximum atomic E-state index is 11.4. The maximum Gasteiger partial charge on any atom is 0.339 e. The molecule has 0 fully saturated rings. The van der Waals surface area contributed by atoms with E-state index in [9.17, 15) is 9.90 Å². The molecular weight excluding hydrogens is 288 g/mol. The first kappa shape index (κ1) is 14.2. The molecule has 1 rings (SSSR count). The van der Waals surface area contributed by atoms with E-state index in [-0.39, 0.29) is 6.61 Å². The smallest absolute Gasteiger partial charge is 0.339 e. The van der Waals surface area contributed by atoms with Crippen LogP contribution in [-0.2, 0) is 20.9 Å². The molecule has 1 aromatic carbocycles. The molecule has 0 aliphatic heterocycles. The zero-order valence-corrected chi connectivity index (χ0v) is 11.4. The first-order chi connectivity index (χ1) is 8.10. The van der Waals surface area contributed by atoms with E-state index in [1.54, 1.807) is 32.2 Å². The van der Waals surface area contributed by atoms with Crippen LogP contribution in [0.15, 0.2) is 22.7 Å². The summed E-state index contributed by atoms with van der Waals surface area (Å²) in [7, 11) is 1.60. The van der Waals surface area contributed by atoms with Crippen LogP contribution in [0.4, 0.5) is 0 Å². The fourth-order valence-corrected chi connectivity index (χ4v) is 1.87. The average molecular weight is 303 g/mol. The molecule has 0 aliphatic carbocycles. The lowest BCUT2D eigenvalue weighted by Crippen LogP contribution is -2.15. The van der Waals surface area contributed by atoms with Gasteiger partial charge in [-0.2, -0.15) is 0 Å². The highest BCUT2D eigenvalue weighted by molar-refractivity contribution is 9.10. The van der Waals surface area contributed by atoms with Gasteiger partial charge in [0.05, 0.1) is 13.2 Å². The molecule has 0 spiro atoms. The number of methoxy groups -OCH3 is 1. The minimum absolute atomic E-state index is 0.249. The quantitative estimate of drug-likeness (QED) is 0.847. The van der Waals surface area contributed by atoms with Crippen molar-refractivity contribution < 1.29 is 19.4 Å². The van der Waals surface area contributed by atoms with E-state index in [1.807, 2.05) is 0 Å². The molecule has 0 heterocycles. The van der Waals surface area contributed by atoms with Crippen molar-refractivity contribution in [2.45, 2.75) is 19.6 Å². The normalized spacial score (nSPS) is 12.2. The van der Waals surface area contributed by atoms with Gasteiger partial charge < -0.3 is 14.6 Å². The number of ether oxygens (including phenoxy) is 2. The number of esters is 1. The number of hydrogen-bond donors (Lipinski definition) is 1. The van der Waals surface area contributed by atoms with Crippen LogP contribution in [0.25, 0.3) is 0 Å². The van der Waals surface area contributed by atoms with Crippen molar-refractivity contribution in [2.75, 3.05) is 13.7 Å². The molecule has 94 valence electrons. The highest BCUT2D eigenvalue weighted by Gasteiger charge is 2.19. The summed E-state index contributed by atoms with van der Waals surface area (Å²) in [6.07, 6.45) is -1.25. The second kappa shape index (κ2) is 6.74. The Morgan fingerprint density at radius 2 is 2.24 bits per heavy atom. The minimum Gasteiger partial charge on any atom is -0.464 e. The van der Waals surface area contributed by atoms with Crippen molar-refractivity contribution in [3.63, 3.8) is 0 Å². The fourth-order valence-electron chi connectivity index (χ4n) is 1.36. The second-order valence-electron chi connectivity index (χ2n) is 3.44. The molecule has 1 aromatic rings. The van der Waals surface area contributed by atoms with E-state index < -0.39 is 12.1 Å². The molecule has 5 heteroatoms. The van der Waals surface area contributed by atoms with Crippen molar-refractivity contribution in [3.8, 4) is 0 Å².